The standard InChI is InChI=1S/C15H14F3N5O/c1-9-2-3-11(22-21-9)14(24)23-7-5-10(8-23)13-19-6-4-12(20-13)15(16,17)18/h2-4,6,10H,5,7-8H2,1H3. The number of aryl methyl sites for hydroxylation is 1. The maximum atomic E-state index is 12.7. The van der Waals surface area contributed by atoms with E-state index in [0.29, 0.717) is 18.7 Å². The number of likely N-dealkylation sites (tertiary alicyclic amines) is 1. The van der Waals surface area contributed by atoms with Gasteiger partial charge >= 0.3 is 6.18 Å². The lowest BCUT2D eigenvalue weighted by molar-refractivity contribution is -0.141. The fraction of sp³-hybridized carbons (Fsp3) is 0.400. The van der Waals surface area contributed by atoms with Crippen LogP contribution in [0.5, 0.6) is 0 Å². The fourth-order valence-electron chi connectivity index (χ4n) is 2.56. The topological polar surface area (TPSA) is 71.9 Å². The summed E-state index contributed by atoms with van der Waals surface area (Å²) in [6, 6.07) is 4.10. The Bertz CT molecular complexity index is 748. The third-order valence-electron chi connectivity index (χ3n) is 3.82. The van der Waals surface area contributed by atoms with E-state index in [1.165, 1.54) is 4.90 Å². The molecular formula is C15H14F3N5O. The first-order chi connectivity index (χ1) is 11.3. The molecule has 3 rings (SSSR count). The maximum Gasteiger partial charge on any atom is 0.433 e. The Hall–Kier alpha value is -2.58. The van der Waals surface area contributed by atoms with Crippen molar-refractivity contribution in [2.24, 2.45) is 0 Å². The predicted molar refractivity (Wildman–Crippen MR) is 77.1 cm³/mol. The van der Waals surface area contributed by atoms with E-state index in [9.17, 15) is 18.0 Å². The molecule has 0 radical (unpaired) electrons. The molecule has 1 atom stereocenters. The van der Waals surface area contributed by atoms with Gasteiger partial charge in [-0.25, -0.2) is 9.97 Å². The van der Waals surface area contributed by atoms with Gasteiger partial charge in [0.25, 0.3) is 5.91 Å². The number of amides is 1. The van der Waals surface area contributed by atoms with Crippen LogP contribution in [-0.4, -0.2) is 44.1 Å². The highest BCUT2D eigenvalue weighted by Gasteiger charge is 2.35. The predicted octanol–water partition coefficient (Wildman–Crippen LogP) is 2.22. The Morgan fingerprint density at radius 2 is 2.04 bits per heavy atom. The van der Waals surface area contributed by atoms with Crippen LogP contribution in [0.4, 0.5) is 13.2 Å². The second-order valence-corrected chi connectivity index (χ2v) is 5.59. The quantitative estimate of drug-likeness (QED) is 0.840. The van der Waals surface area contributed by atoms with Crippen molar-refractivity contribution >= 4 is 5.91 Å². The Labute approximate surface area is 135 Å². The molecule has 1 amide bonds. The Kier molecular flexibility index (Phi) is 4.16. The van der Waals surface area contributed by atoms with Crippen LogP contribution in [0, 0.1) is 6.92 Å². The van der Waals surface area contributed by atoms with Gasteiger partial charge in [-0.05, 0) is 31.5 Å². The third kappa shape index (κ3) is 3.34. The van der Waals surface area contributed by atoms with Gasteiger partial charge in [0.1, 0.15) is 11.5 Å². The monoisotopic (exact) mass is 337 g/mol. The lowest BCUT2D eigenvalue weighted by Gasteiger charge is -2.15. The molecular weight excluding hydrogens is 323 g/mol. The second kappa shape index (κ2) is 6.14. The molecule has 1 saturated heterocycles. The van der Waals surface area contributed by atoms with Gasteiger partial charge < -0.3 is 4.90 Å². The van der Waals surface area contributed by atoms with Crippen LogP contribution >= 0.6 is 0 Å². The third-order valence-corrected chi connectivity index (χ3v) is 3.82. The number of halogens is 3. The Balaban J connectivity index is 1.73. The average molecular weight is 337 g/mol. The van der Waals surface area contributed by atoms with Crippen molar-refractivity contribution < 1.29 is 18.0 Å². The van der Waals surface area contributed by atoms with Gasteiger partial charge in [0, 0.05) is 25.2 Å². The van der Waals surface area contributed by atoms with Gasteiger partial charge in [-0.1, -0.05) is 0 Å². The van der Waals surface area contributed by atoms with Crippen molar-refractivity contribution in [1.82, 2.24) is 25.1 Å². The van der Waals surface area contributed by atoms with Crippen LogP contribution in [0.3, 0.4) is 0 Å². The van der Waals surface area contributed by atoms with Gasteiger partial charge in [0.2, 0.25) is 0 Å². The summed E-state index contributed by atoms with van der Waals surface area (Å²) in [4.78, 5) is 21.4. The highest BCUT2D eigenvalue weighted by atomic mass is 19.4. The fourth-order valence-corrected chi connectivity index (χ4v) is 2.56. The van der Waals surface area contributed by atoms with Crippen molar-refractivity contribution in [3.05, 3.63) is 47.3 Å². The number of carbonyl (C=O) groups is 1. The molecule has 0 aliphatic carbocycles. The summed E-state index contributed by atoms with van der Waals surface area (Å²) >= 11 is 0. The molecule has 0 aromatic carbocycles. The van der Waals surface area contributed by atoms with Crippen molar-refractivity contribution in [3.8, 4) is 0 Å². The van der Waals surface area contributed by atoms with Crippen LogP contribution in [0.15, 0.2) is 24.4 Å². The van der Waals surface area contributed by atoms with E-state index in [1.807, 2.05) is 0 Å². The number of aromatic nitrogens is 4. The Morgan fingerprint density at radius 3 is 2.71 bits per heavy atom. The molecule has 9 heteroatoms. The molecule has 3 heterocycles. The first kappa shape index (κ1) is 16.3. The molecule has 1 unspecified atom stereocenters. The smallest absolute Gasteiger partial charge is 0.336 e. The summed E-state index contributed by atoms with van der Waals surface area (Å²) < 4.78 is 38.2. The second-order valence-electron chi connectivity index (χ2n) is 5.59. The zero-order valence-electron chi connectivity index (χ0n) is 12.8. The number of hydrogen-bond donors (Lipinski definition) is 0. The lowest BCUT2D eigenvalue weighted by atomic mass is 10.1. The van der Waals surface area contributed by atoms with Crippen molar-refractivity contribution in [2.45, 2.75) is 25.4 Å². The molecule has 0 saturated carbocycles. The van der Waals surface area contributed by atoms with Crippen LogP contribution in [0.25, 0.3) is 0 Å². The molecule has 6 nitrogen and oxygen atoms in total. The summed E-state index contributed by atoms with van der Waals surface area (Å²) in [6.45, 7) is 2.44. The first-order valence-electron chi connectivity index (χ1n) is 7.34. The van der Waals surface area contributed by atoms with E-state index in [4.69, 9.17) is 0 Å². The highest BCUT2D eigenvalue weighted by Crippen LogP contribution is 2.30. The average Bonchev–Trinajstić information content (AvgIpc) is 3.04. The van der Waals surface area contributed by atoms with Gasteiger partial charge in [-0.15, -0.1) is 5.10 Å². The zero-order valence-corrected chi connectivity index (χ0v) is 12.8. The van der Waals surface area contributed by atoms with E-state index in [0.717, 1.165) is 12.3 Å². The molecule has 24 heavy (non-hydrogen) atoms. The summed E-state index contributed by atoms with van der Waals surface area (Å²) in [5.74, 6) is -0.512. The van der Waals surface area contributed by atoms with Crippen LogP contribution in [0.2, 0.25) is 0 Å². The van der Waals surface area contributed by atoms with Gasteiger partial charge in [-0.3, -0.25) is 4.79 Å². The van der Waals surface area contributed by atoms with Crippen LogP contribution in [0.1, 0.15) is 40.0 Å². The largest absolute Gasteiger partial charge is 0.433 e. The molecule has 1 aliphatic heterocycles. The summed E-state index contributed by atoms with van der Waals surface area (Å²) in [6.07, 6.45) is -2.91. The Morgan fingerprint density at radius 1 is 1.25 bits per heavy atom. The molecule has 1 fully saturated rings. The SMILES string of the molecule is Cc1ccc(C(=O)N2CCC(c3nccc(C(F)(F)F)n3)C2)nn1. The summed E-state index contributed by atoms with van der Waals surface area (Å²) in [5.41, 5.74) is -0.0592. The minimum atomic E-state index is -4.51. The highest BCUT2D eigenvalue weighted by molar-refractivity contribution is 5.92. The van der Waals surface area contributed by atoms with E-state index >= 15 is 0 Å². The van der Waals surface area contributed by atoms with E-state index < -0.39 is 11.9 Å². The van der Waals surface area contributed by atoms with E-state index in [2.05, 4.69) is 20.2 Å². The number of rotatable bonds is 2. The first-order valence-corrected chi connectivity index (χ1v) is 7.34. The van der Waals surface area contributed by atoms with Gasteiger partial charge in [0.15, 0.2) is 5.69 Å². The molecule has 0 spiro atoms. The molecule has 2 aromatic heterocycles. The van der Waals surface area contributed by atoms with Crippen molar-refractivity contribution in [3.63, 3.8) is 0 Å². The van der Waals surface area contributed by atoms with Crippen LogP contribution in [-0.2, 0) is 6.18 Å². The minimum absolute atomic E-state index is 0.107. The molecule has 2 aromatic rings. The summed E-state index contributed by atoms with van der Waals surface area (Å²) in [7, 11) is 0. The molecule has 0 N–H and O–H groups in total. The maximum absolute atomic E-state index is 12.7. The summed E-state index contributed by atoms with van der Waals surface area (Å²) in [5, 5.41) is 7.69. The van der Waals surface area contributed by atoms with Crippen LogP contribution < -0.4 is 0 Å². The van der Waals surface area contributed by atoms with Gasteiger partial charge in [0.05, 0.1) is 5.69 Å². The van der Waals surface area contributed by atoms with Crippen molar-refractivity contribution in [1.29, 1.82) is 0 Å². The molecule has 1 aliphatic rings. The van der Waals surface area contributed by atoms with Crippen molar-refractivity contribution in [2.75, 3.05) is 13.1 Å². The number of nitrogens with zero attached hydrogens (tertiary/aromatic N) is 5. The normalized spacial score (nSPS) is 18.0. The number of carbonyl (C=O) groups excluding carboxylic acids is 1. The molecule has 126 valence electrons. The van der Waals surface area contributed by atoms with E-state index in [-0.39, 0.29) is 29.9 Å². The lowest BCUT2D eigenvalue weighted by Crippen LogP contribution is -2.29. The van der Waals surface area contributed by atoms with Gasteiger partial charge in [-0.2, -0.15) is 18.3 Å². The minimum Gasteiger partial charge on any atom is -0.336 e. The van der Waals surface area contributed by atoms with E-state index in [1.54, 1.807) is 19.1 Å². The zero-order chi connectivity index (χ0) is 17.3. The number of alkyl halides is 3. The number of hydrogen-bond acceptors (Lipinski definition) is 5. The molecule has 0 bridgehead atoms.